The Morgan fingerprint density at radius 1 is 0.519 bits per heavy atom. The van der Waals surface area contributed by atoms with Gasteiger partial charge < -0.3 is 15.5 Å². The molecule has 10 nitrogen and oxygen atoms in total. The Morgan fingerprint density at radius 2 is 0.885 bits per heavy atom. The molecule has 0 fully saturated rings. The predicted molar refractivity (Wildman–Crippen MR) is 237 cm³/mol. The van der Waals surface area contributed by atoms with E-state index in [1.807, 2.05) is 0 Å². The third-order valence-electron chi connectivity index (χ3n) is 7.12. The van der Waals surface area contributed by atoms with E-state index in [9.17, 15) is 29.4 Å². The highest BCUT2D eigenvalue weighted by Crippen LogP contribution is 2.12. The van der Waals surface area contributed by atoms with Gasteiger partial charge in [-0.25, -0.2) is 0 Å². The normalized spacial score (nSPS) is 9.04. The number of hydrogen-bond acceptors (Lipinski definition) is 6. The van der Waals surface area contributed by atoms with Gasteiger partial charge in [-0.3, -0.25) is 34.3 Å². The lowest BCUT2D eigenvalue weighted by Crippen LogP contribution is -2.46. The summed E-state index contributed by atoms with van der Waals surface area (Å²) in [7, 11) is 0. The molecule has 4 N–H and O–H groups in total. The summed E-state index contributed by atoms with van der Waals surface area (Å²) in [5, 5.41) is 23.8. The second-order valence-electron chi connectivity index (χ2n) is 11.6. The molecule has 306 valence electrons. The molecule has 0 saturated carbocycles. The van der Waals surface area contributed by atoms with Gasteiger partial charge in [0.1, 0.15) is 0 Å². The molecule has 0 unspecified atom stereocenters. The summed E-state index contributed by atoms with van der Waals surface area (Å²) < 4.78 is 0. The van der Waals surface area contributed by atoms with Crippen molar-refractivity contribution in [2.24, 2.45) is 0 Å². The van der Waals surface area contributed by atoms with E-state index < -0.39 is 30.9 Å². The Morgan fingerprint density at radius 3 is 1.29 bits per heavy atom. The van der Waals surface area contributed by atoms with Crippen molar-refractivity contribution in [1.82, 2.24) is 20.4 Å². The lowest BCUT2D eigenvalue weighted by Gasteiger charge is -2.24. The summed E-state index contributed by atoms with van der Waals surface area (Å²) in [6, 6.07) is 2.35. The lowest BCUT2D eigenvalue weighted by atomic mass is 10.0. The van der Waals surface area contributed by atoms with Crippen LogP contribution in [0.1, 0.15) is 120 Å². The van der Waals surface area contributed by atoms with Crippen molar-refractivity contribution in [2.45, 2.75) is 96.8 Å². The Bertz CT molecular complexity index is 1670. The van der Waals surface area contributed by atoms with Gasteiger partial charge in [0.2, 0.25) is 11.8 Å². The fourth-order valence-corrected chi connectivity index (χ4v) is 4.65. The number of rotatable bonds is 26. The zero-order chi connectivity index (χ0) is 38.3. The molecule has 0 bridgehead atoms. The van der Waals surface area contributed by atoms with Crippen LogP contribution in [0.3, 0.4) is 0 Å². The molecule has 2 amide bonds. The number of terminal acetylenes is 1. The molecule has 0 spiro atoms. The number of unbranched alkanes of at least 4 members (excludes halogenated alkanes) is 13. The Labute approximate surface area is 334 Å². The van der Waals surface area contributed by atoms with Gasteiger partial charge in [-0.1, -0.05) is 90.4 Å². The molecule has 0 atom stereocenters. The van der Waals surface area contributed by atoms with E-state index in [0.717, 1.165) is 19.3 Å². The second kappa shape index (κ2) is 35.1. The molecule has 0 aliphatic carbocycles. The molecule has 0 aromatic rings. The molecule has 0 heterocycles. The van der Waals surface area contributed by atoms with Gasteiger partial charge in [-0.05, 0) is 47.9 Å². The molecule has 0 aliphatic heterocycles. The maximum Gasteiger partial charge on any atom is 0.317 e. The Balaban J connectivity index is -0.000000108. The van der Waals surface area contributed by atoms with Crippen LogP contribution in [-0.2, 0) is 19.2 Å². The highest BCUT2D eigenvalue weighted by Gasteiger charge is 2.18. The SMILES string of the molecule is C#CC#CC#CC#CC#CC#CC#CC#CNC(=O)CN(CCN(CC(=O)O)CC(=O)NCCCCCCCCCCCCCCCC)CC(=O)O.[HH].[HH].[HH].[HH].[HH].[HH].[HH].[HH].[HH].[HH].[HH].[HH].[HH].[HH].[HH].[HH]. The first-order valence-electron chi connectivity index (χ1n) is 17.7. The van der Waals surface area contributed by atoms with Crippen LogP contribution >= 0.6 is 0 Å². The van der Waals surface area contributed by atoms with Gasteiger partial charge in [-0.15, -0.1) is 6.42 Å². The third-order valence-corrected chi connectivity index (χ3v) is 7.12. The molecule has 0 aromatic carbocycles. The first-order valence-corrected chi connectivity index (χ1v) is 17.7. The van der Waals surface area contributed by atoms with Crippen molar-refractivity contribution in [3.05, 3.63) is 0 Å². The number of carbonyl (C=O) groups excluding carboxylic acids is 2. The topological polar surface area (TPSA) is 139 Å². The van der Waals surface area contributed by atoms with Crippen LogP contribution in [0.5, 0.6) is 0 Å². The van der Waals surface area contributed by atoms with Gasteiger partial charge in [0, 0.05) is 89.9 Å². The third kappa shape index (κ3) is 34.2. The average Bonchev–Trinajstić information content (AvgIpc) is 3.10. The highest BCUT2D eigenvalue weighted by molar-refractivity contribution is 5.81. The van der Waals surface area contributed by atoms with Crippen molar-refractivity contribution >= 4 is 23.8 Å². The molecular weight excluding hydrogens is 656 g/mol. The zero-order valence-corrected chi connectivity index (χ0v) is 30.3. The van der Waals surface area contributed by atoms with E-state index in [2.05, 4.69) is 106 Å². The average molecular weight is 739 g/mol. The van der Waals surface area contributed by atoms with Crippen molar-refractivity contribution in [2.75, 3.05) is 45.8 Å². The molecule has 0 rings (SSSR count). The van der Waals surface area contributed by atoms with E-state index in [-0.39, 0.29) is 54.9 Å². The van der Waals surface area contributed by atoms with Crippen molar-refractivity contribution in [3.8, 4) is 95.4 Å². The van der Waals surface area contributed by atoms with Crippen LogP contribution in [0.15, 0.2) is 0 Å². The summed E-state index contributed by atoms with van der Waals surface area (Å²) in [6.45, 7) is 1.46. The standard InChI is InChI=1S/C42H50N4O6.16H2/c1-3-5-7-9-11-13-15-17-19-21-23-25-27-29-31-43-39(47)35-45(37-41(49)50)33-34-46(38-42(51)52)36-40(48)44-32-30-28-26-24-22-20-18-16-14-12-10-8-6-4-2;;;;;;;;;;;;;;;;/h1H,4,6,8,10,12,14,16,18,20,22,24,26,28,30,32-38H2,2H3,(H,43,47)(H,44,48)(H,49,50)(H,51,52);16*1H. The largest absolute Gasteiger partial charge is 0.480 e. The van der Waals surface area contributed by atoms with E-state index >= 15 is 0 Å². The maximum absolute atomic E-state index is 12.5. The summed E-state index contributed by atoms with van der Waals surface area (Å²) in [6.07, 6.45) is 22.3. The molecular formula is C42H82N4O6. The summed E-state index contributed by atoms with van der Waals surface area (Å²) in [5.74, 6) is 30.4. The number of nitrogens with one attached hydrogen (secondary N) is 2. The van der Waals surface area contributed by atoms with E-state index in [1.54, 1.807) is 0 Å². The van der Waals surface area contributed by atoms with Gasteiger partial charge >= 0.3 is 11.9 Å². The fraction of sp³-hybridized carbons (Fsp3) is 0.524. The number of carboxylic acids is 2. The minimum atomic E-state index is -1.17. The number of carbonyl (C=O) groups is 4. The van der Waals surface area contributed by atoms with Crippen LogP contribution in [0, 0.1) is 95.4 Å². The minimum absolute atomic E-state index is 0. The molecule has 0 saturated heterocycles. The molecule has 52 heavy (non-hydrogen) atoms. The Hall–Kier alpha value is -5.72. The number of nitrogens with zero attached hydrogens (tertiary/aromatic N) is 2. The second-order valence-corrected chi connectivity index (χ2v) is 11.6. The molecule has 10 heteroatoms. The van der Waals surface area contributed by atoms with Crippen molar-refractivity contribution < 1.29 is 52.2 Å². The van der Waals surface area contributed by atoms with Crippen LogP contribution in [0.2, 0.25) is 0 Å². The Kier molecular flexibility index (Phi) is 31.3. The summed E-state index contributed by atoms with van der Waals surface area (Å²) in [5.41, 5.74) is 0. The number of aliphatic carboxylic acids is 2. The number of hydrogen-bond donors (Lipinski definition) is 4. The summed E-state index contributed by atoms with van der Waals surface area (Å²) >= 11 is 0. The maximum atomic E-state index is 12.5. The highest BCUT2D eigenvalue weighted by atomic mass is 16.4. The van der Waals surface area contributed by atoms with E-state index in [0.29, 0.717) is 6.54 Å². The predicted octanol–water partition coefficient (Wildman–Crippen LogP) is 7.02. The monoisotopic (exact) mass is 739 g/mol. The quantitative estimate of drug-likeness (QED) is 0.0422. The number of amides is 2. The van der Waals surface area contributed by atoms with E-state index in [4.69, 9.17) is 6.42 Å². The first-order chi connectivity index (χ1) is 25.3. The van der Waals surface area contributed by atoms with Crippen LogP contribution in [-0.4, -0.2) is 89.6 Å². The van der Waals surface area contributed by atoms with Crippen LogP contribution < -0.4 is 10.6 Å². The lowest BCUT2D eigenvalue weighted by molar-refractivity contribution is -0.141. The van der Waals surface area contributed by atoms with Gasteiger partial charge in [0.25, 0.3) is 0 Å². The van der Waals surface area contributed by atoms with E-state index in [1.165, 1.54) is 80.4 Å². The zero-order valence-electron chi connectivity index (χ0n) is 30.3. The van der Waals surface area contributed by atoms with Gasteiger partial charge in [0.15, 0.2) is 0 Å². The fourth-order valence-electron chi connectivity index (χ4n) is 4.65. The van der Waals surface area contributed by atoms with Crippen LogP contribution in [0.25, 0.3) is 0 Å². The van der Waals surface area contributed by atoms with Crippen LogP contribution in [0.4, 0.5) is 0 Å². The minimum Gasteiger partial charge on any atom is -0.480 e. The number of carboxylic acid groups (broad SMARTS) is 2. The summed E-state index contributed by atoms with van der Waals surface area (Å²) in [4.78, 5) is 50.4. The smallest absolute Gasteiger partial charge is 0.317 e. The molecule has 0 aliphatic rings. The molecule has 0 radical (unpaired) electrons. The van der Waals surface area contributed by atoms with Gasteiger partial charge in [-0.2, -0.15) is 0 Å². The van der Waals surface area contributed by atoms with Crippen molar-refractivity contribution in [3.63, 3.8) is 0 Å². The first kappa shape index (κ1) is 46.3. The van der Waals surface area contributed by atoms with Gasteiger partial charge in [0.05, 0.1) is 26.2 Å². The molecule has 0 aromatic heterocycles. The van der Waals surface area contributed by atoms with Crippen molar-refractivity contribution in [1.29, 1.82) is 0 Å².